The van der Waals surface area contributed by atoms with Gasteiger partial charge in [-0.15, -0.1) is 0 Å². The van der Waals surface area contributed by atoms with E-state index in [1.165, 1.54) is 0 Å². The summed E-state index contributed by atoms with van der Waals surface area (Å²) in [7, 11) is 0. The Labute approximate surface area is 105 Å². The van der Waals surface area contributed by atoms with Crippen LogP contribution in [-0.2, 0) is 5.41 Å². The zero-order valence-corrected chi connectivity index (χ0v) is 12.2. The second kappa shape index (κ2) is 4.71. The third-order valence-corrected chi connectivity index (χ3v) is 3.20. The summed E-state index contributed by atoms with van der Waals surface area (Å²) in [6.07, 6.45) is 1.01. The van der Waals surface area contributed by atoms with Crippen LogP contribution in [0, 0.1) is 0 Å². The maximum Gasteiger partial charge on any atom is 0.160 e. The third kappa shape index (κ3) is 2.64. The maximum atomic E-state index is 10.4. The summed E-state index contributed by atoms with van der Waals surface area (Å²) in [4.78, 5) is 0. The van der Waals surface area contributed by atoms with Crippen LogP contribution in [0.5, 0.6) is 5.75 Å². The first kappa shape index (κ1) is 14.1. The van der Waals surface area contributed by atoms with Crippen molar-refractivity contribution in [3.63, 3.8) is 0 Å². The molecule has 0 fully saturated rings. The monoisotopic (exact) mass is 238 g/mol. The highest BCUT2D eigenvalue weighted by molar-refractivity contribution is 5.38. The Morgan fingerprint density at radius 3 is 2.12 bits per heavy atom. The summed E-state index contributed by atoms with van der Waals surface area (Å²) in [5.74, 6) is 0.724. The molecule has 1 N–H and O–H groups in total. The summed E-state index contributed by atoms with van der Waals surface area (Å²) in [6.45, 7) is 14.7. The van der Waals surface area contributed by atoms with Gasteiger partial charge in [-0.3, -0.25) is 4.68 Å². The Hall–Kier alpha value is -0.990. The second-order valence-electron chi connectivity index (χ2n) is 6.18. The fourth-order valence-corrected chi connectivity index (χ4v) is 1.99. The fourth-order valence-electron chi connectivity index (χ4n) is 1.99. The van der Waals surface area contributed by atoms with Crippen LogP contribution in [-0.4, -0.2) is 14.9 Å². The summed E-state index contributed by atoms with van der Waals surface area (Å²) >= 11 is 0. The molecule has 0 aromatic carbocycles. The Morgan fingerprint density at radius 2 is 1.76 bits per heavy atom. The molecule has 1 unspecified atom stereocenters. The molecule has 17 heavy (non-hydrogen) atoms. The van der Waals surface area contributed by atoms with E-state index in [0.717, 1.165) is 17.8 Å². The van der Waals surface area contributed by atoms with Gasteiger partial charge in [-0.2, -0.15) is 5.10 Å². The zero-order chi connectivity index (χ0) is 13.4. The molecule has 0 radical (unpaired) electrons. The molecule has 0 aliphatic carbocycles. The van der Waals surface area contributed by atoms with Gasteiger partial charge in [-0.05, 0) is 20.3 Å². The molecule has 1 atom stereocenters. The van der Waals surface area contributed by atoms with E-state index in [1.807, 2.05) is 4.68 Å². The molecule has 1 heterocycles. The molecule has 3 nitrogen and oxygen atoms in total. The second-order valence-corrected chi connectivity index (χ2v) is 6.18. The molecule has 0 spiro atoms. The van der Waals surface area contributed by atoms with Crippen molar-refractivity contribution in [2.24, 2.45) is 0 Å². The smallest absolute Gasteiger partial charge is 0.160 e. The Balaban J connectivity index is 3.41. The molecule has 0 saturated heterocycles. The molecule has 0 bridgehead atoms. The van der Waals surface area contributed by atoms with Gasteiger partial charge in [0.1, 0.15) is 5.69 Å². The highest BCUT2D eigenvalue weighted by atomic mass is 16.3. The standard InChI is InChI=1S/C14H26N2O/c1-8-10(4)11-12(17)13(14(5,6)7)15-16(11)9(2)3/h9-10,17H,8H2,1-7H3. The molecule has 1 rings (SSSR count). The SMILES string of the molecule is CCC(C)c1c(O)c(C(C)(C)C)nn1C(C)C. The van der Waals surface area contributed by atoms with E-state index in [-0.39, 0.29) is 11.5 Å². The number of hydrogen-bond acceptors (Lipinski definition) is 2. The molecule has 0 aliphatic heterocycles. The minimum Gasteiger partial charge on any atom is -0.504 e. The Kier molecular flexibility index (Phi) is 3.90. The van der Waals surface area contributed by atoms with Gasteiger partial charge in [0.25, 0.3) is 0 Å². The van der Waals surface area contributed by atoms with Crippen molar-refractivity contribution in [1.82, 2.24) is 9.78 Å². The van der Waals surface area contributed by atoms with Crippen molar-refractivity contribution >= 4 is 0 Å². The lowest BCUT2D eigenvalue weighted by atomic mass is 9.90. The van der Waals surface area contributed by atoms with Crippen LogP contribution in [0.3, 0.4) is 0 Å². The largest absolute Gasteiger partial charge is 0.504 e. The lowest BCUT2D eigenvalue weighted by Crippen LogP contribution is -2.14. The highest BCUT2D eigenvalue weighted by Gasteiger charge is 2.29. The van der Waals surface area contributed by atoms with Crippen LogP contribution < -0.4 is 0 Å². The fraction of sp³-hybridized carbons (Fsp3) is 0.786. The predicted octanol–water partition coefficient (Wildman–Crippen LogP) is 3.98. The van der Waals surface area contributed by atoms with E-state index in [4.69, 9.17) is 0 Å². The van der Waals surface area contributed by atoms with E-state index < -0.39 is 0 Å². The van der Waals surface area contributed by atoms with E-state index in [0.29, 0.717) is 11.7 Å². The summed E-state index contributed by atoms with van der Waals surface area (Å²) in [5.41, 5.74) is 1.67. The molecule has 0 aliphatic rings. The first-order chi connectivity index (χ1) is 7.70. The van der Waals surface area contributed by atoms with Gasteiger partial charge >= 0.3 is 0 Å². The number of hydrogen-bond donors (Lipinski definition) is 1. The van der Waals surface area contributed by atoms with Gasteiger partial charge in [0, 0.05) is 17.4 Å². The Bertz CT molecular complexity index is 386. The zero-order valence-electron chi connectivity index (χ0n) is 12.2. The number of rotatable bonds is 3. The van der Waals surface area contributed by atoms with E-state index in [1.54, 1.807) is 0 Å². The van der Waals surface area contributed by atoms with Crippen molar-refractivity contribution in [3.8, 4) is 5.75 Å². The average molecular weight is 238 g/mol. The Morgan fingerprint density at radius 1 is 1.24 bits per heavy atom. The van der Waals surface area contributed by atoms with Crippen molar-refractivity contribution in [2.75, 3.05) is 0 Å². The molecule has 1 aromatic rings. The molecular formula is C14H26N2O. The molecular weight excluding hydrogens is 212 g/mol. The number of nitrogens with zero attached hydrogens (tertiary/aromatic N) is 2. The van der Waals surface area contributed by atoms with Gasteiger partial charge in [-0.1, -0.05) is 34.6 Å². The van der Waals surface area contributed by atoms with Gasteiger partial charge in [-0.25, -0.2) is 0 Å². The topological polar surface area (TPSA) is 38.1 Å². The van der Waals surface area contributed by atoms with Crippen LogP contribution >= 0.6 is 0 Å². The van der Waals surface area contributed by atoms with Crippen molar-refractivity contribution in [3.05, 3.63) is 11.4 Å². The van der Waals surface area contributed by atoms with Crippen LogP contribution in [0.2, 0.25) is 0 Å². The van der Waals surface area contributed by atoms with Crippen molar-refractivity contribution < 1.29 is 5.11 Å². The summed E-state index contributed by atoms with van der Waals surface area (Å²) in [5, 5.41) is 15.0. The molecule has 3 heteroatoms. The highest BCUT2D eigenvalue weighted by Crippen LogP contribution is 2.38. The van der Waals surface area contributed by atoms with Gasteiger partial charge in [0.2, 0.25) is 0 Å². The first-order valence-electron chi connectivity index (χ1n) is 6.52. The normalized spacial score (nSPS) is 14.4. The predicted molar refractivity (Wildman–Crippen MR) is 71.7 cm³/mol. The minimum atomic E-state index is -0.119. The van der Waals surface area contributed by atoms with Crippen LogP contribution in [0.15, 0.2) is 0 Å². The maximum absolute atomic E-state index is 10.4. The lowest BCUT2D eigenvalue weighted by Gasteiger charge is -2.15. The summed E-state index contributed by atoms with van der Waals surface area (Å²) < 4.78 is 1.98. The van der Waals surface area contributed by atoms with E-state index in [2.05, 4.69) is 53.6 Å². The lowest BCUT2D eigenvalue weighted by molar-refractivity contribution is 0.431. The van der Waals surface area contributed by atoms with Gasteiger partial charge in [0.15, 0.2) is 5.75 Å². The first-order valence-corrected chi connectivity index (χ1v) is 6.52. The molecule has 1 aromatic heterocycles. The van der Waals surface area contributed by atoms with Crippen LogP contribution in [0.25, 0.3) is 0 Å². The molecule has 0 saturated carbocycles. The average Bonchev–Trinajstić information content (AvgIpc) is 2.54. The number of aromatic hydroxyl groups is 1. The minimum absolute atomic E-state index is 0.119. The van der Waals surface area contributed by atoms with Crippen molar-refractivity contribution in [1.29, 1.82) is 0 Å². The van der Waals surface area contributed by atoms with Gasteiger partial charge in [0.05, 0.1) is 5.69 Å². The number of aromatic nitrogens is 2. The van der Waals surface area contributed by atoms with Crippen molar-refractivity contribution in [2.45, 2.75) is 72.3 Å². The molecule has 0 amide bonds. The summed E-state index contributed by atoms with van der Waals surface area (Å²) in [6, 6.07) is 0.279. The quantitative estimate of drug-likeness (QED) is 0.865. The van der Waals surface area contributed by atoms with E-state index in [9.17, 15) is 5.11 Å². The van der Waals surface area contributed by atoms with Crippen LogP contribution in [0.1, 0.15) is 78.2 Å². The van der Waals surface area contributed by atoms with E-state index >= 15 is 0 Å². The molecule has 98 valence electrons. The third-order valence-electron chi connectivity index (χ3n) is 3.20. The van der Waals surface area contributed by atoms with Gasteiger partial charge < -0.3 is 5.11 Å². The van der Waals surface area contributed by atoms with Crippen LogP contribution in [0.4, 0.5) is 0 Å².